The SMILES string of the molecule is Cc1nc2cc(-c3cnc4nccn4c3)c(O[C@H]3CCN4C(=O)OC[C@@H]4C3)cc2c(=O)n1Cc1ccc(Cl)cc1. The lowest BCUT2D eigenvalue weighted by molar-refractivity contribution is 0.0941. The summed E-state index contributed by atoms with van der Waals surface area (Å²) in [4.78, 5) is 41.1. The Labute approximate surface area is 233 Å². The van der Waals surface area contributed by atoms with Crippen LogP contribution in [0.3, 0.4) is 0 Å². The van der Waals surface area contributed by atoms with Gasteiger partial charge >= 0.3 is 6.09 Å². The minimum absolute atomic E-state index is 0.0139. The highest BCUT2D eigenvalue weighted by atomic mass is 35.5. The van der Waals surface area contributed by atoms with E-state index in [2.05, 4.69) is 9.97 Å². The highest BCUT2D eigenvalue weighted by Gasteiger charge is 2.39. The lowest BCUT2D eigenvalue weighted by Crippen LogP contribution is -2.44. The number of hydrogen-bond donors (Lipinski definition) is 0. The second kappa shape index (κ2) is 9.63. The molecule has 2 atom stereocenters. The first-order chi connectivity index (χ1) is 19.4. The fourth-order valence-corrected chi connectivity index (χ4v) is 5.67. The van der Waals surface area contributed by atoms with Crippen LogP contribution in [-0.4, -0.2) is 60.2 Å². The minimum atomic E-state index is -0.266. The van der Waals surface area contributed by atoms with Gasteiger partial charge in [0.1, 0.15) is 24.3 Å². The number of rotatable bonds is 5. The van der Waals surface area contributed by atoms with Crippen molar-refractivity contribution in [3.05, 3.63) is 87.9 Å². The molecule has 0 bridgehead atoms. The summed E-state index contributed by atoms with van der Waals surface area (Å²) in [6, 6.07) is 11.1. The van der Waals surface area contributed by atoms with Gasteiger partial charge in [-0.25, -0.2) is 19.7 Å². The van der Waals surface area contributed by atoms with Crippen molar-refractivity contribution in [1.29, 1.82) is 0 Å². The van der Waals surface area contributed by atoms with Crippen LogP contribution in [0.2, 0.25) is 5.02 Å². The van der Waals surface area contributed by atoms with Crippen molar-refractivity contribution in [3.8, 4) is 16.9 Å². The topological polar surface area (TPSA) is 104 Å². The van der Waals surface area contributed by atoms with Crippen molar-refractivity contribution in [2.75, 3.05) is 13.2 Å². The standard InChI is InChI=1S/C29H25ClN6O4/c1-17-33-25-11-23(19-13-32-28-31-7-9-34(28)15-19)26(40-22-6-8-35-21(10-22)16-39-29(35)38)12-24(25)27(37)36(17)14-18-2-4-20(30)5-3-18/h2-5,7,9,11-13,15,21-22H,6,8,10,14,16H2,1H3/t21-,22-/m0/s1. The van der Waals surface area contributed by atoms with Crippen molar-refractivity contribution in [1.82, 2.24) is 28.8 Å². The third-order valence-corrected chi connectivity index (χ3v) is 7.90. The van der Waals surface area contributed by atoms with Gasteiger partial charge in [0.2, 0.25) is 5.78 Å². The van der Waals surface area contributed by atoms with E-state index in [0.717, 1.165) is 16.7 Å². The Kier molecular flexibility index (Phi) is 5.92. The molecule has 5 heterocycles. The van der Waals surface area contributed by atoms with Crippen molar-refractivity contribution in [2.24, 2.45) is 0 Å². The number of amides is 1. The molecule has 0 unspecified atom stereocenters. The molecule has 10 nitrogen and oxygen atoms in total. The van der Waals surface area contributed by atoms with Gasteiger partial charge in [-0.15, -0.1) is 0 Å². The maximum absolute atomic E-state index is 13.8. The van der Waals surface area contributed by atoms with Gasteiger partial charge in [0.15, 0.2) is 0 Å². The zero-order chi connectivity index (χ0) is 27.4. The predicted molar refractivity (Wildman–Crippen MR) is 149 cm³/mol. The lowest BCUT2D eigenvalue weighted by atomic mass is 10.00. The maximum atomic E-state index is 13.8. The summed E-state index contributed by atoms with van der Waals surface area (Å²) in [5.74, 6) is 1.76. The van der Waals surface area contributed by atoms with Crippen LogP contribution >= 0.6 is 11.6 Å². The van der Waals surface area contributed by atoms with Crippen LogP contribution in [0.4, 0.5) is 4.79 Å². The first-order valence-electron chi connectivity index (χ1n) is 13.1. The van der Waals surface area contributed by atoms with Crippen LogP contribution in [0.5, 0.6) is 5.75 Å². The van der Waals surface area contributed by atoms with Crippen molar-refractivity contribution < 1.29 is 14.3 Å². The first-order valence-corrected chi connectivity index (χ1v) is 13.5. The second-order valence-electron chi connectivity index (χ2n) is 10.2. The summed E-state index contributed by atoms with van der Waals surface area (Å²) < 4.78 is 15.3. The van der Waals surface area contributed by atoms with Crippen LogP contribution in [0.1, 0.15) is 24.2 Å². The molecule has 3 aromatic heterocycles. The minimum Gasteiger partial charge on any atom is -0.490 e. The third kappa shape index (κ3) is 4.34. The lowest BCUT2D eigenvalue weighted by Gasteiger charge is -2.33. The van der Waals surface area contributed by atoms with Gasteiger partial charge in [0.05, 0.1) is 23.5 Å². The highest BCUT2D eigenvalue weighted by Crippen LogP contribution is 2.36. The number of piperidine rings is 1. The van der Waals surface area contributed by atoms with E-state index in [0.29, 0.717) is 65.8 Å². The van der Waals surface area contributed by atoms with Crippen LogP contribution in [0.25, 0.3) is 27.8 Å². The number of aryl methyl sites for hydroxylation is 1. The molecule has 202 valence electrons. The molecule has 7 rings (SSSR count). The number of carbonyl (C=O) groups is 1. The van der Waals surface area contributed by atoms with Gasteiger partial charge in [-0.2, -0.15) is 0 Å². The first kappa shape index (κ1) is 24.6. The largest absolute Gasteiger partial charge is 0.490 e. The Hall–Kier alpha value is -4.44. The Balaban J connectivity index is 1.32. The molecule has 0 N–H and O–H groups in total. The normalized spacial score (nSPS) is 18.8. The van der Waals surface area contributed by atoms with Gasteiger partial charge < -0.3 is 14.4 Å². The summed E-state index contributed by atoms with van der Waals surface area (Å²) in [5.41, 5.74) is 2.96. The van der Waals surface area contributed by atoms with Crippen LogP contribution in [0.15, 0.2) is 66.0 Å². The monoisotopic (exact) mass is 556 g/mol. The number of halogens is 1. The van der Waals surface area contributed by atoms with Crippen molar-refractivity contribution in [2.45, 2.75) is 38.5 Å². The van der Waals surface area contributed by atoms with E-state index in [1.54, 1.807) is 27.9 Å². The molecule has 2 saturated heterocycles. The average molecular weight is 557 g/mol. The average Bonchev–Trinajstić information content (AvgIpc) is 3.58. The molecular formula is C29H25ClN6O4. The number of ether oxygens (including phenoxy) is 2. The maximum Gasteiger partial charge on any atom is 0.410 e. The molecule has 0 spiro atoms. The number of cyclic esters (lactones) is 1. The van der Waals surface area contributed by atoms with Crippen LogP contribution in [-0.2, 0) is 11.3 Å². The number of hydrogen-bond acceptors (Lipinski definition) is 7. The van der Waals surface area contributed by atoms with Gasteiger partial charge in [-0.3, -0.25) is 13.8 Å². The summed E-state index contributed by atoms with van der Waals surface area (Å²) in [5, 5.41) is 1.10. The number of imidazole rings is 1. The fourth-order valence-electron chi connectivity index (χ4n) is 5.55. The Morgan fingerprint density at radius 1 is 1.15 bits per heavy atom. The summed E-state index contributed by atoms with van der Waals surface area (Å²) in [6.45, 7) is 3.13. The molecule has 0 saturated carbocycles. The molecule has 0 aliphatic carbocycles. The van der Waals surface area contributed by atoms with Crippen LogP contribution < -0.4 is 10.3 Å². The molecule has 2 fully saturated rings. The molecular weight excluding hydrogens is 532 g/mol. The Morgan fingerprint density at radius 3 is 2.85 bits per heavy atom. The quantitative estimate of drug-likeness (QED) is 0.314. The molecule has 2 aliphatic rings. The van der Waals surface area contributed by atoms with E-state index in [-0.39, 0.29) is 23.8 Å². The number of aromatic nitrogens is 5. The summed E-state index contributed by atoms with van der Waals surface area (Å²) >= 11 is 6.05. The second-order valence-corrected chi connectivity index (χ2v) is 10.6. The Bertz CT molecular complexity index is 1830. The molecule has 11 heteroatoms. The smallest absolute Gasteiger partial charge is 0.410 e. The van der Waals surface area contributed by atoms with E-state index in [4.69, 9.17) is 26.1 Å². The molecule has 1 amide bonds. The fraction of sp³-hybridized carbons (Fsp3) is 0.276. The van der Waals surface area contributed by atoms with Gasteiger partial charge in [-0.1, -0.05) is 23.7 Å². The van der Waals surface area contributed by atoms with Gasteiger partial charge in [0.25, 0.3) is 5.56 Å². The molecule has 5 aromatic rings. The predicted octanol–water partition coefficient (Wildman–Crippen LogP) is 4.48. The number of fused-ring (bicyclic) bond motifs is 3. The van der Waals surface area contributed by atoms with Gasteiger partial charge in [-0.05, 0) is 36.8 Å². The zero-order valence-electron chi connectivity index (χ0n) is 21.7. The number of nitrogens with zero attached hydrogens (tertiary/aromatic N) is 6. The van der Waals surface area contributed by atoms with Crippen LogP contribution in [0, 0.1) is 6.92 Å². The van der Waals surface area contributed by atoms with E-state index < -0.39 is 0 Å². The van der Waals surface area contributed by atoms with Crippen molar-refractivity contribution >= 4 is 34.4 Å². The molecule has 0 radical (unpaired) electrons. The summed E-state index contributed by atoms with van der Waals surface area (Å²) in [6.07, 6.45) is 8.10. The number of benzene rings is 2. The third-order valence-electron chi connectivity index (χ3n) is 7.65. The molecule has 2 aromatic carbocycles. The highest BCUT2D eigenvalue weighted by molar-refractivity contribution is 6.30. The zero-order valence-corrected chi connectivity index (χ0v) is 22.4. The van der Waals surface area contributed by atoms with E-state index in [1.165, 1.54) is 0 Å². The van der Waals surface area contributed by atoms with E-state index in [9.17, 15) is 9.59 Å². The van der Waals surface area contributed by atoms with E-state index >= 15 is 0 Å². The van der Waals surface area contributed by atoms with E-state index in [1.807, 2.05) is 54.0 Å². The molecule has 2 aliphatic heterocycles. The van der Waals surface area contributed by atoms with Crippen molar-refractivity contribution in [3.63, 3.8) is 0 Å². The van der Waals surface area contributed by atoms with Gasteiger partial charge in [0, 0.05) is 60.3 Å². The summed E-state index contributed by atoms with van der Waals surface area (Å²) in [7, 11) is 0. The molecule has 40 heavy (non-hydrogen) atoms. The number of carbonyl (C=O) groups excluding carboxylic acids is 1. The Morgan fingerprint density at radius 2 is 2.00 bits per heavy atom.